The second-order valence-corrected chi connectivity index (χ2v) is 6.24. The molecular weight excluding hydrogens is 367 g/mol. The number of likely N-dealkylation sites (tertiary alicyclic amines) is 1. The number of aryl methyl sites for hydroxylation is 1. The number of carbonyl (C=O) groups excluding carboxylic acids is 1. The Balaban J connectivity index is 2.29. The zero-order chi connectivity index (χ0) is 16.7. The largest absolute Gasteiger partial charge is 0.481 e. The lowest BCUT2D eigenvalue weighted by molar-refractivity contribution is -0.227. The number of aliphatic carboxylic acids is 1. The molecular formula is C14H13BrF3NO3. The summed E-state index contributed by atoms with van der Waals surface area (Å²) < 4.78 is 40.1. The van der Waals surface area contributed by atoms with E-state index >= 15 is 0 Å². The van der Waals surface area contributed by atoms with Crippen molar-refractivity contribution in [3.05, 3.63) is 33.8 Å². The van der Waals surface area contributed by atoms with E-state index in [0.717, 1.165) is 9.37 Å². The molecule has 2 rings (SSSR count). The second kappa shape index (κ2) is 5.57. The van der Waals surface area contributed by atoms with E-state index in [4.69, 9.17) is 5.11 Å². The Kier molecular flexibility index (Phi) is 4.25. The van der Waals surface area contributed by atoms with Crippen molar-refractivity contribution in [2.24, 2.45) is 5.41 Å². The number of hydrogen-bond acceptors (Lipinski definition) is 2. The van der Waals surface area contributed by atoms with Crippen molar-refractivity contribution in [3.63, 3.8) is 0 Å². The van der Waals surface area contributed by atoms with E-state index in [0.29, 0.717) is 5.56 Å². The molecule has 1 saturated heterocycles. The van der Waals surface area contributed by atoms with E-state index in [2.05, 4.69) is 15.9 Å². The van der Waals surface area contributed by atoms with Gasteiger partial charge in [0.2, 0.25) is 0 Å². The topological polar surface area (TPSA) is 57.6 Å². The highest BCUT2D eigenvalue weighted by atomic mass is 79.9. The minimum absolute atomic E-state index is 0.236. The fourth-order valence-electron chi connectivity index (χ4n) is 2.55. The zero-order valence-corrected chi connectivity index (χ0v) is 13.2. The van der Waals surface area contributed by atoms with Crippen LogP contribution in [0.2, 0.25) is 0 Å². The van der Waals surface area contributed by atoms with Crippen molar-refractivity contribution in [1.82, 2.24) is 4.90 Å². The van der Waals surface area contributed by atoms with Crippen molar-refractivity contribution < 1.29 is 27.9 Å². The van der Waals surface area contributed by atoms with E-state index in [1.54, 1.807) is 19.1 Å². The molecule has 4 nitrogen and oxygen atoms in total. The third kappa shape index (κ3) is 2.71. The highest BCUT2D eigenvalue weighted by Gasteiger charge is 2.64. The minimum Gasteiger partial charge on any atom is -0.481 e. The van der Waals surface area contributed by atoms with E-state index in [-0.39, 0.29) is 12.1 Å². The molecule has 8 heteroatoms. The number of alkyl halides is 3. The van der Waals surface area contributed by atoms with E-state index in [9.17, 15) is 22.8 Å². The number of carboxylic acid groups (broad SMARTS) is 1. The standard InChI is InChI=1S/C14H13BrF3NO3/c1-8-6-9(15)2-3-10(8)11(20)19-5-4-13(7-19,12(21)22)14(16,17)18/h2-3,6H,4-5,7H2,1H3,(H,21,22). The fourth-order valence-corrected chi connectivity index (χ4v) is 3.02. The maximum Gasteiger partial charge on any atom is 0.406 e. The van der Waals surface area contributed by atoms with Gasteiger partial charge in [-0.05, 0) is 37.1 Å². The molecule has 1 fully saturated rings. The molecule has 22 heavy (non-hydrogen) atoms. The van der Waals surface area contributed by atoms with Crippen LogP contribution in [0.5, 0.6) is 0 Å². The molecule has 0 aromatic heterocycles. The second-order valence-electron chi connectivity index (χ2n) is 5.32. The number of carboxylic acids is 1. The van der Waals surface area contributed by atoms with Crippen LogP contribution in [0.3, 0.4) is 0 Å². The number of benzene rings is 1. The number of amides is 1. The lowest BCUT2D eigenvalue weighted by Crippen LogP contribution is -2.47. The maximum absolute atomic E-state index is 13.1. The molecule has 0 bridgehead atoms. The van der Waals surface area contributed by atoms with Gasteiger partial charge in [-0.15, -0.1) is 0 Å². The van der Waals surface area contributed by atoms with Crippen molar-refractivity contribution in [2.75, 3.05) is 13.1 Å². The molecule has 1 aliphatic heterocycles. The SMILES string of the molecule is Cc1cc(Br)ccc1C(=O)N1CCC(C(=O)O)(C(F)(F)F)C1. The Morgan fingerprint density at radius 2 is 2.00 bits per heavy atom. The van der Waals surface area contributed by atoms with Gasteiger partial charge in [0.15, 0.2) is 5.41 Å². The third-order valence-electron chi connectivity index (χ3n) is 3.93. The first-order valence-corrected chi connectivity index (χ1v) is 7.23. The van der Waals surface area contributed by atoms with Crippen molar-refractivity contribution >= 4 is 27.8 Å². The van der Waals surface area contributed by atoms with Crippen LogP contribution >= 0.6 is 15.9 Å². The van der Waals surface area contributed by atoms with E-state index in [1.807, 2.05) is 0 Å². The van der Waals surface area contributed by atoms with Gasteiger partial charge in [-0.3, -0.25) is 9.59 Å². The van der Waals surface area contributed by atoms with Crippen LogP contribution in [0, 0.1) is 12.3 Å². The fraction of sp³-hybridized carbons (Fsp3) is 0.429. The Bertz CT molecular complexity index is 632. The van der Waals surface area contributed by atoms with Gasteiger partial charge < -0.3 is 10.0 Å². The number of halogens is 4. The Morgan fingerprint density at radius 3 is 2.45 bits per heavy atom. The number of hydrogen-bond donors (Lipinski definition) is 1. The molecule has 1 atom stereocenters. The summed E-state index contributed by atoms with van der Waals surface area (Å²) in [5.41, 5.74) is -2.00. The summed E-state index contributed by atoms with van der Waals surface area (Å²) >= 11 is 3.24. The van der Waals surface area contributed by atoms with Crippen molar-refractivity contribution in [3.8, 4) is 0 Å². The summed E-state index contributed by atoms with van der Waals surface area (Å²) in [6.45, 7) is 0.572. The van der Waals surface area contributed by atoms with Gasteiger partial charge in [0, 0.05) is 23.1 Å². The quantitative estimate of drug-likeness (QED) is 0.857. The molecule has 120 valence electrons. The predicted molar refractivity (Wildman–Crippen MR) is 75.5 cm³/mol. The van der Waals surface area contributed by atoms with Gasteiger partial charge >= 0.3 is 12.1 Å². The Hall–Kier alpha value is -1.57. The summed E-state index contributed by atoms with van der Waals surface area (Å²) in [7, 11) is 0. The van der Waals surface area contributed by atoms with Gasteiger partial charge in [0.05, 0.1) is 0 Å². The summed E-state index contributed by atoms with van der Waals surface area (Å²) in [6.07, 6.45) is -5.53. The van der Waals surface area contributed by atoms with Gasteiger partial charge in [-0.25, -0.2) is 0 Å². The molecule has 1 amide bonds. The van der Waals surface area contributed by atoms with Crippen LogP contribution in [-0.2, 0) is 4.79 Å². The van der Waals surface area contributed by atoms with Crippen LogP contribution in [0.25, 0.3) is 0 Å². The van der Waals surface area contributed by atoms with Gasteiger partial charge in [0.25, 0.3) is 5.91 Å². The first kappa shape index (κ1) is 16.8. The van der Waals surface area contributed by atoms with Crippen LogP contribution in [0.15, 0.2) is 22.7 Å². The van der Waals surface area contributed by atoms with Crippen molar-refractivity contribution in [1.29, 1.82) is 0 Å². The molecule has 1 N–H and O–H groups in total. The van der Waals surface area contributed by atoms with E-state index < -0.39 is 36.4 Å². The highest BCUT2D eigenvalue weighted by molar-refractivity contribution is 9.10. The molecule has 1 aromatic carbocycles. The number of rotatable bonds is 2. The monoisotopic (exact) mass is 379 g/mol. The lowest BCUT2D eigenvalue weighted by Gasteiger charge is -2.27. The smallest absolute Gasteiger partial charge is 0.406 e. The van der Waals surface area contributed by atoms with Crippen LogP contribution in [-0.4, -0.2) is 41.1 Å². The van der Waals surface area contributed by atoms with Crippen LogP contribution < -0.4 is 0 Å². The molecule has 1 aliphatic rings. The molecule has 0 radical (unpaired) electrons. The van der Waals surface area contributed by atoms with Crippen LogP contribution in [0.1, 0.15) is 22.3 Å². The highest BCUT2D eigenvalue weighted by Crippen LogP contribution is 2.46. The first-order valence-electron chi connectivity index (χ1n) is 6.44. The number of nitrogens with zero attached hydrogens (tertiary/aromatic N) is 1. The molecule has 1 heterocycles. The van der Waals surface area contributed by atoms with E-state index in [1.165, 1.54) is 6.07 Å². The van der Waals surface area contributed by atoms with Crippen LogP contribution in [0.4, 0.5) is 13.2 Å². The summed E-state index contributed by atoms with van der Waals surface area (Å²) in [6, 6.07) is 4.80. The van der Waals surface area contributed by atoms with Gasteiger partial charge in [-0.2, -0.15) is 13.2 Å². The summed E-state index contributed by atoms with van der Waals surface area (Å²) in [5, 5.41) is 9.00. The average molecular weight is 380 g/mol. The molecule has 1 aromatic rings. The minimum atomic E-state index is -4.90. The molecule has 1 unspecified atom stereocenters. The molecule has 0 aliphatic carbocycles. The Morgan fingerprint density at radius 1 is 1.36 bits per heavy atom. The summed E-state index contributed by atoms with van der Waals surface area (Å²) in [4.78, 5) is 24.4. The van der Waals surface area contributed by atoms with Gasteiger partial charge in [0.1, 0.15) is 0 Å². The predicted octanol–water partition coefficient (Wildman–Crippen LogP) is 3.24. The zero-order valence-electron chi connectivity index (χ0n) is 11.6. The average Bonchev–Trinajstić information content (AvgIpc) is 2.83. The normalized spacial score (nSPS) is 22.0. The van der Waals surface area contributed by atoms with Gasteiger partial charge in [-0.1, -0.05) is 15.9 Å². The number of carbonyl (C=O) groups is 2. The molecule has 0 saturated carbocycles. The lowest BCUT2D eigenvalue weighted by atomic mass is 9.86. The first-order chi connectivity index (χ1) is 10.1. The maximum atomic E-state index is 13.1. The summed E-state index contributed by atoms with van der Waals surface area (Å²) in [5.74, 6) is -2.53. The third-order valence-corrected chi connectivity index (χ3v) is 4.42. The Labute approximate surface area is 133 Å². The van der Waals surface area contributed by atoms with Crippen molar-refractivity contribution in [2.45, 2.75) is 19.5 Å². The molecule has 0 spiro atoms.